The summed E-state index contributed by atoms with van der Waals surface area (Å²) in [5.74, 6) is 0. The second-order valence-electron chi connectivity index (χ2n) is 5.19. The topological polar surface area (TPSA) is 6.48 Å². The molecule has 0 N–H and O–H groups in total. The molecule has 2 heterocycles. The van der Waals surface area contributed by atoms with Gasteiger partial charge >= 0.3 is 0 Å². The van der Waals surface area contributed by atoms with Crippen LogP contribution in [0.15, 0.2) is 12.1 Å². The van der Waals surface area contributed by atoms with Crippen molar-refractivity contribution in [2.75, 3.05) is 38.6 Å². The zero-order valence-corrected chi connectivity index (χ0v) is 11.9. The fourth-order valence-corrected chi connectivity index (χ4v) is 3.45. The second-order valence-corrected chi connectivity index (χ2v) is 6.34. The number of piperidine rings is 1. The van der Waals surface area contributed by atoms with Crippen LogP contribution in [0.5, 0.6) is 0 Å². The van der Waals surface area contributed by atoms with E-state index in [2.05, 4.69) is 36.0 Å². The van der Waals surface area contributed by atoms with E-state index in [1.807, 2.05) is 11.3 Å². The summed E-state index contributed by atoms with van der Waals surface area (Å²) in [4.78, 5) is 6.37. The van der Waals surface area contributed by atoms with Crippen LogP contribution in [0, 0.1) is 0 Å². The van der Waals surface area contributed by atoms with Gasteiger partial charge in [-0.3, -0.25) is 0 Å². The quantitative estimate of drug-likeness (QED) is 0.794. The van der Waals surface area contributed by atoms with Gasteiger partial charge in [0.05, 0.1) is 5.00 Å². The molecule has 0 atom stereocenters. The second kappa shape index (κ2) is 6.41. The third-order valence-electron chi connectivity index (χ3n) is 3.34. The van der Waals surface area contributed by atoms with E-state index in [1.54, 1.807) is 4.88 Å². The fraction of sp³-hybridized carbons (Fsp3) is 0.714. The van der Waals surface area contributed by atoms with Gasteiger partial charge in [0, 0.05) is 18.0 Å². The Morgan fingerprint density at radius 2 is 1.94 bits per heavy atom. The Hall–Kier alpha value is -0.540. The Morgan fingerprint density at radius 3 is 2.65 bits per heavy atom. The van der Waals surface area contributed by atoms with Crippen LogP contribution in [0.3, 0.4) is 0 Å². The maximum Gasteiger partial charge on any atom is 0.0911 e. The molecule has 0 radical (unpaired) electrons. The molecule has 0 saturated carbocycles. The largest absolute Gasteiger partial charge is 0.363 e. The lowest BCUT2D eigenvalue weighted by Crippen LogP contribution is -2.28. The number of rotatable bonds is 5. The highest BCUT2D eigenvalue weighted by Crippen LogP contribution is 2.29. The maximum atomic E-state index is 2.56. The van der Waals surface area contributed by atoms with E-state index in [-0.39, 0.29) is 0 Å². The molecular weight excluding hydrogens is 228 g/mol. The molecule has 0 spiro atoms. The van der Waals surface area contributed by atoms with Crippen molar-refractivity contribution in [2.45, 2.75) is 32.1 Å². The molecule has 0 aliphatic carbocycles. The molecule has 0 aromatic carbocycles. The summed E-state index contributed by atoms with van der Waals surface area (Å²) in [6.07, 6.45) is 6.66. The molecule has 1 saturated heterocycles. The number of thiophene rings is 1. The highest BCUT2D eigenvalue weighted by molar-refractivity contribution is 7.16. The van der Waals surface area contributed by atoms with Gasteiger partial charge in [0.15, 0.2) is 0 Å². The summed E-state index contributed by atoms with van der Waals surface area (Å²) in [5.41, 5.74) is 0. The van der Waals surface area contributed by atoms with E-state index in [9.17, 15) is 0 Å². The molecule has 96 valence electrons. The van der Waals surface area contributed by atoms with E-state index in [1.165, 1.54) is 56.7 Å². The van der Waals surface area contributed by atoms with Crippen LogP contribution in [0.25, 0.3) is 0 Å². The van der Waals surface area contributed by atoms with Gasteiger partial charge in [0.25, 0.3) is 0 Å². The lowest BCUT2D eigenvalue weighted by Gasteiger charge is -2.27. The lowest BCUT2D eigenvalue weighted by molar-refractivity contribution is 0.401. The number of aryl methyl sites for hydroxylation is 1. The molecule has 2 nitrogen and oxygen atoms in total. The Bertz CT molecular complexity index is 327. The third kappa shape index (κ3) is 4.00. The summed E-state index contributed by atoms with van der Waals surface area (Å²) < 4.78 is 0. The van der Waals surface area contributed by atoms with Crippen molar-refractivity contribution in [1.82, 2.24) is 4.90 Å². The van der Waals surface area contributed by atoms with Gasteiger partial charge in [0.2, 0.25) is 0 Å². The fourth-order valence-electron chi connectivity index (χ4n) is 2.35. The average molecular weight is 252 g/mol. The van der Waals surface area contributed by atoms with Crippen molar-refractivity contribution in [3.8, 4) is 0 Å². The van der Waals surface area contributed by atoms with Crippen molar-refractivity contribution in [2.24, 2.45) is 0 Å². The zero-order chi connectivity index (χ0) is 12.1. The first-order chi connectivity index (χ1) is 8.25. The van der Waals surface area contributed by atoms with Crippen molar-refractivity contribution in [1.29, 1.82) is 0 Å². The monoisotopic (exact) mass is 252 g/mol. The van der Waals surface area contributed by atoms with Crippen molar-refractivity contribution in [3.05, 3.63) is 17.0 Å². The molecule has 3 heteroatoms. The van der Waals surface area contributed by atoms with E-state index in [0.29, 0.717) is 0 Å². The summed E-state index contributed by atoms with van der Waals surface area (Å²) in [6.45, 7) is 3.71. The summed E-state index contributed by atoms with van der Waals surface area (Å²) in [5, 5.41) is 1.49. The summed E-state index contributed by atoms with van der Waals surface area (Å²) in [7, 11) is 4.29. The highest BCUT2D eigenvalue weighted by atomic mass is 32.1. The van der Waals surface area contributed by atoms with Crippen LogP contribution in [0.4, 0.5) is 5.00 Å². The van der Waals surface area contributed by atoms with Gasteiger partial charge in [-0.05, 0) is 64.9 Å². The summed E-state index contributed by atoms with van der Waals surface area (Å²) >= 11 is 2.00. The van der Waals surface area contributed by atoms with Crippen LogP contribution < -0.4 is 4.90 Å². The molecule has 1 aromatic rings. The van der Waals surface area contributed by atoms with Crippen LogP contribution in [-0.4, -0.2) is 38.6 Å². The molecular formula is C14H24N2S. The van der Waals surface area contributed by atoms with Gasteiger partial charge in [-0.1, -0.05) is 0 Å². The predicted molar refractivity (Wildman–Crippen MR) is 77.3 cm³/mol. The number of anilines is 1. The van der Waals surface area contributed by atoms with E-state index in [0.717, 1.165) is 0 Å². The highest BCUT2D eigenvalue weighted by Gasteiger charge is 2.12. The minimum atomic E-state index is 1.19. The Kier molecular flexibility index (Phi) is 4.86. The van der Waals surface area contributed by atoms with E-state index >= 15 is 0 Å². The molecule has 1 fully saturated rings. The number of nitrogens with zero attached hydrogens (tertiary/aromatic N) is 2. The van der Waals surface area contributed by atoms with Crippen LogP contribution >= 0.6 is 11.3 Å². The standard InChI is InChI=1S/C14H24N2S/c1-15(2)10-6-7-13-8-9-14(17-13)16-11-4-3-5-12-16/h8-9H,3-7,10-12H2,1-2H3. The van der Waals surface area contributed by atoms with Crippen LogP contribution in [0.2, 0.25) is 0 Å². The number of hydrogen-bond donors (Lipinski definition) is 0. The van der Waals surface area contributed by atoms with Gasteiger partial charge in [-0.25, -0.2) is 0 Å². The predicted octanol–water partition coefficient (Wildman–Crippen LogP) is 3.23. The minimum absolute atomic E-state index is 1.19. The van der Waals surface area contributed by atoms with E-state index < -0.39 is 0 Å². The SMILES string of the molecule is CN(C)CCCc1ccc(N2CCCCC2)s1. The molecule has 1 aliphatic heterocycles. The van der Waals surface area contributed by atoms with Gasteiger partial charge in [-0.2, -0.15) is 0 Å². The van der Waals surface area contributed by atoms with Crippen molar-refractivity contribution < 1.29 is 0 Å². The lowest BCUT2D eigenvalue weighted by atomic mass is 10.1. The van der Waals surface area contributed by atoms with Gasteiger partial charge in [-0.15, -0.1) is 11.3 Å². The number of hydrogen-bond acceptors (Lipinski definition) is 3. The average Bonchev–Trinajstić information content (AvgIpc) is 2.78. The van der Waals surface area contributed by atoms with E-state index in [4.69, 9.17) is 0 Å². The van der Waals surface area contributed by atoms with Gasteiger partial charge < -0.3 is 9.80 Å². The molecule has 0 amide bonds. The Morgan fingerprint density at radius 1 is 1.18 bits per heavy atom. The molecule has 0 bridgehead atoms. The first kappa shape index (κ1) is 12.9. The van der Waals surface area contributed by atoms with Gasteiger partial charge in [0.1, 0.15) is 0 Å². The maximum absolute atomic E-state index is 2.56. The smallest absolute Gasteiger partial charge is 0.0911 e. The van der Waals surface area contributed by atoms with Crippen molar-refractivity contribution in [3.63, 3.8) is 0 Å². The molecule has 1 aromatic heterocycles. The first-order valence-electron chi connectivity index (χ1n) is 6.74. The molecule has 17 heavy (non-hydrogen) atoms. The molecule has 1 aliphatic rings. The normalized spacial score (nSPS) is 16.8. The van der Waals surface area contributed by atoms with Crippen LogP contribution in [0.1, 0.15) is 30.6 Å². The third-order valence-corrected chi connectivity index (χ3v) is 4.55. The molecule has 2 rings (SSSR count). The molecule has 0 unspecified atom stereocenters. The zero-order valence-electron chi connectivity index (χ0n) is 11.1. The Balaban J connectivity index is 1.82. The first-order valence-corrected chi connectivity index (χ1v) is 7.56. The minimum Gasteiger partial charge on any atom is -0.363 e. The van der Waals surface area contributed by atoms with Crippen molar-refractivity contribution >= 4 is 16.3 Å². The summed E-state index contributed by atoms with van der Waals surface area (Å²) in [6, 6.07) is 4.64. The van der Waals surface area contributed by atoms with Crippen LogP contribution in [-0.2, 0) is 6.42 Å². The Labute approximate surface area is 109 Å².